The fourth-order valence-corrected chi connectivity index (χ4v) is 3.50. The number of halogens is 1. The predicted molar refractivity (Wildman–Crippen MR) is 112 cm³/mol. The summed E-state index contributed by atoms with van der Waals surface area (Å²) in [6.45, 7) is 5.49. The third-order valence-electron chi connectivity index (χ3n) is 3.41. The third kappa shape index (κ3) is 7.62. The van der Waals surface area contributed by atoms with Crippen LogP contribution in [0.3, 0.4) is 0 Å². The van der Waals surface area contributed by atoms with Crippen LogP contribution in [0.25, 0.3) is 0 Å². The number of guanidine groups is 1. The normalized spacial score (nSPS) is 12.2. The molecule has 0 aromatic carbocycles. The highest BCUT2D eigenvalue weighted by atomic mass is 127. The number of hydrogen-bond donors (Lipinski definition) is 1. The van der Waals surface area contributed by atoms with Crippen molar-refractivity contribution in [2.45, 2.75) is 26.8 Å². The van der Waals surface area contributed by atoms with Gasteiger partial charge in [0.25, 0.3) is 0 Å². The highest BCUT2D eigenvalue weighted by molar-refractivity contribution is 14.0. The van der Waals surface area contributed by atoms with Gasteiger partial charge >= 0.3 is 0 Å². The van der Waals surface area contributed by atoms with E-state index in [1.165, 1.54) is 4.31 Å². The molecular formula is C14H28IN5O2S2. The standard InChI is InChI=1S/C14H27N5O2S2.HI/c1-6-23(20,21)19(5)9-7-8-16-14(15-3)18(4)10-13-11-22-12(2)17-13;/h11H,6-10H2,1-5H3,(H,15,16);1H. The van der Waals surface area contributed by atoms with Gasteiger partial charge in [-0.15, -0.1) is 35.3 Å². The molecule has 0 bridgehead atoms. The number of rotatable bonds is 8. The van der Waals surface area contributed by atoms with Crippen molar-refractivity contribution < 1.29 is 8.42 Å². The molecule has 1 aromatic rings. The Hall–Kier alpha value is -0.460. The molecule has 0 radical (unpaired) electrons. The maximum atomic E-state index is 11.7. The summed E-state index contributed by atoms with van der Waals surface area (Å²) in [4.78, 5) is 10.7. The number of thiazole rings is 1. The van der Waals surface area contributed by atoms with Gasteiger partial charge in [-0.3, -0.25) is 4.99 Å². The largest absolute Gasteiger partial charge is 0.356 e. The van der Waals surface area contributed by atoms with Crippen molar-refractivity contribution in [3.63, 3.8) is 0 Å². The van der Waals surface area contributed by atoms with Crippen LogP contribution in [-0.4, -0.2) is 68.6 Å². The molecule has 0 aliphatic carbocycles. The molecule has 1 aromatic heterocycles. The van der Waals surface area contributed by atoms with E-state index >= 15 is 0 Å². The summed E-state index contributed by atoms with van der Waals surface area (Å²) in [5.41, 5.74) is 1.02. The average Bonchev–Trinajstić information content (AvgIpc) is 2.91. The minimum atomic E-state index is -3.10. The lowest BCUT2D eigenvalue weighted by Gasteiger charge is -2.22. The molecule has 0 atom stereocenters. The van der Waals surface area contributed by atoms with Crippen molar-refractivity contribution in [1.82, 2.24) is 19.5 Å². The van der Waals surface area contributed by atoms with E-state index in [1.54, 1.807) is 32.4 Å². The molecule has 10 heteroatoms. The number of aryl methyl sites for hydroxylation is 1. The Morgan fingerprint density at radius 3 is 2.58 bits per heavy atom. The Kier molecular flexibility index (Phi) is 11.0. The summed E-state index contributed by atoms with van der Waals surface area (Å²) < 4.78 is 24.7. The quantitative estimate of drug-likeness (QED) is 0.261. The summed E-state index contributed by atoms with van der Waals surface area (Å²) in [5, 5.41) is 6.35. The van der Waals surface area contributed by atoms with Crippen LogP contribution in [0.15, 0.2) is 10.4 Å². The Labute approximate surface area is 166 Å². The smallest absolute Gasteiger partial charge is 0.213 e. The van der Waals surface area contributed by atoms with Gasteiger partial charge in [0.2, 0.25) is 10.0 Å². The van der Waals surface area contributed by atoms with Crippen LogP contribution in [0, 0.1) is 6.92 Å². The SMILES string of the molecule is CCS(=O)(=O)N(C)CCCNC(=NC)N(C)Cc1csc(C)n1.I. The number of aliphatic imine (C=N–C) groups is 1. The lowest BCUT2D eigenvalue weighted by atomic mass is 10.4. The van der Waals surface area contributed by atoms with E-state index in [1.807, 2.05) is 24.3 Å². The lowest BCUT2D eigenvalue weighted by Crippen LogP contribution is -2.40. The van der Waals surface area contributed by atoms with E-state index in [9.17, 15) is 8.42 Å². The summed E-state index contributed by atoms with van der Waals surface area (Å²) in [6, 6.07) is 0. The fourth-order valence-electron chi connectivity index (χ4n) is 2.04. The Morgan fingerprint density at radius 2 is 2.08 bits per heavy atom. The van der Waals surface area contributed by atoms with Crippen molar-refractivity contribution in [2.75, 3.05) is 40.0 Å². The van der Waals surface area contributed by atoms with Gasteiger partial charge < -0.3 is 10.2 Å². The number of aromatic nitrogens is 1. The van der Waals surface area contributed by atoms with Crippen LogP contribution in [0.2, 0.25) is 0 Å². The minimum Gasteiger partial charge on any atom is -0.356 e. The maximum absolute atomic E-state index is 11.7. The molecule has 1 heterocycles. The zero-order chi connectivity index (χ0) is 17.5. The molecule has 1 rings (SSSR count). The summed E-state index contributed by atoms with van der Waals surface area (Å²) >= 11 is 1.63. The predicted octanol–water partition coefficient (Wildman–Crippen LogP) is 1.75. The molecule has 24 heavy (non-hydrogen) atoms. The van der Waals surface area contributed by atoms with Crippen molar-refractivity contribution >= 4 is 51.3 Å². The van der Waals surface area contributed by atoms with Gasteiger partial charge in [0.15, 0.2) is 5.96 Å². The summed E-state index contributed by atoms with van der Waals surface area (Å²) in [5.74, 6) is 0.908. The molecule has 1 N–H and O–H groups in total. The molecule has 140 valence electrons. The van der Waals surface area contributed by atoms with Crippen molar-refractivity contribution in [1.29, 1.82) is 0 Å². The van der Waals surface area contributed by atoms with Gasteiger partial charge in [0, 0.05) is 39.6 Å². The molecule has 0 aliphatic rings. The second kappa shape index (κ2) is 11.2. The van der Waals surface area contributed by atoms with Crippen LogP contribution in [-0.2, 0) is 16.6 Å². The van der Waals surface area contributed by atoms with Gasteiger partial charge in [-0.1, -0.05) is 0 Å². The lowest BCUT2D eigenvalue weighted by molar-refractivity contribution is 0.448. The minimum absolute atomic E-state index is 0. The van der Waals surface area contributed by atoms with Crippen LogP contribution in [0.5, 0.6) is 0 Å². The van der Waals surface area contributed by atoms with Crippen LogP contribution < -0.4 is 5.32 Å². The molecule has 0 fully saturated rings. The first kappa shape index (κ1) is 23.5. The number of hydrogen-bond acceptors (Lipinski definition) is 5. The first-order valence-corrected chi connectivity index (χ1v) is 10.1. The molecule has 0 unspecified atom stereocenters. The zero-order valence-electron chi connectivity index (χ0n) is 14.9. The van der Waals surface area contributed by atoms with Gasteiger partial charge in [-0.05, 0) is 20.3 Å². The van der Waals surface area contributed by atoms with Crippen LogP contribution in [0.1, 0.15) is 24.0 Å². The molecule has 0 saturated carbocycles. The second-order valence-electron chi connectivity index (χ2n) is 5.26. The number of sulfonamides is 1. The molecule has 0 spiro atoms. The number of nitrogens with one attached hydrogen (secondary N) is 1. The average molecular weight is 489 g/mol. The van der Waals surface area contributed by atoms with Gasteiger partial charge in [0.05, 0.1) is 23.0 Å². The van der Waals surface area contributed by atoms with E-state index in [-0.39, 0.29) is 29.7 Å². The molecule has 7 nitrogen and oxygen atoms in total. The van der Waals surface area contributed by atoms with Crippen molar-refractivity contribution in [2.24, 2.45) is 4.99 Å². The summed E-state index contributed by atoms with van der Waals surface area (Å²) in [6.07, 6.45) is 0.721. The van der Waals surface area contributed by atoms with E-state index in [4.69, 9.17) is 0 Å². The maximum Gasteiger partial charge on any atom is 0.213 e. The topological polar surface area (TPSA) is 77.9 Å². The van der Waals surface area contributed by atoms with Crippen molar-refractivity contribution in [3.8, 4) is 0 Å². The van der Waals surface area contributed by atoms with Crippen LogP contribution in [0.4, 0.5) is 0 Å². The zero-order valence-corrected chi connectivity index (χ0v) is 18.9. The van der Waals surface area contributed by atoms with E-state index in [0.717, 1.165) is 23.1 Å². The Morgan fingerprint density at radius 1 is 1.42 bits per heavy atom. The Balaban J connectivity index is 0.00000529. The fraction of sp³-hybridized carbons (Fsp3) is 0.714. The number of nitrogens with zero attached hydrogens (tertiary/aromatic N) is 4. The second-order valence-corrected chi connectivity index (χ2v) is 8.69. The van der Waals surface area contributed by atoms with E-state index in [0.29, 0.717) is 19.6 Å². The molecule has 0 aliphatic heterocycles. The van der Waals surface area contributed by atoms with Gasteiger partial charge in [0.1, 0.15) is 0 Å². The van der Waals surface area contributed by atoms with Gasteiger partial charge in [-0.2, -0.15) is 0 Å². The molecule has 0 amide bonds. The third-order valence-corrected chi connectivity index (χ3v) is 6.10. The van der Waals surface area contributed by atoms with E-state index < -0.39 is 10.0 Å². The molecule has 0 saturated heterocycles. The van der Waals surface area contributed by atoms with E-state index in [2.05, 4.69) is 15.3 Å². The Bertz CT molecular complexity index is 618. The summed E-state index contributed by atoms with van der Waals surface area (Å²) in [7, 11) is 2.20. The monoisotopic (exact) mass is 489 g/mol. The molecular weight excluding hydrogens is 461 g/mol. The van der Waals surface area contributed by atoms with Crippen molar-refractivity contribution in [3.05, 3.63) is 16.1 Å². The highest BCUT2D eigenvalue weighted by Gasteiger charge is 2.14. The first-order valence-electron chi connectivity index (χ1n) is 7.57. The van der Waals surface area contributed by atoms with Gasteiger partial charge in [-0.25, -0.2) is 17.7 Å². The first-order chi connectivity index (χ1) is 10.8. The highest BCUT2D eigenvalue weighted by Crippen LogP contribution is 2.09. The van der Waals surface area contributed by atoms with Crippen LogP contribution >= 0.6 is 35.3 Å².